The molecule has 0 aliphatic heterocycles. The van der Waals surface area contributed by atoms with Crippen molar-refractivity contribution in [1.82, 2.24) is 10.2 Å². The Morgan fingerprint density at radius 2 is 1.88 bits per heavy atom. The molecule has 2 atom stereocenters. The fourth-order valence-corrected chi connectivity index (χ4v) is 2.19. The zero-order valence-electron chi connectivity index (χ0n) is 11.8. The lowest BCUT2D eigenvalue weighted by Crippen LogP contribution is -2.45. The van der Waals surface area contributed by atoms with E-state index in [1.807, 2.05) is 0 Å². The number of nitrogens with zero attached hydrogens (tertiary/aromatic N) is 1. The highest BCUT2D eigenvalue weighted by atomic mass is 15.2. The quantitative estimate of drug-likeness (QED) is 0.684. The van der Waals surface area contributed by atoms with Gasteiger partial charge in [0, 0.05) is 18.6 Å². The summed E-state index contributed by atoms with van der Waals surface area (Å²) in [5.74, 6) is 1.70. The molecule has 1 fully saturated rings. The van der Waals surface area contributed by atoms with E-state index in [4.69, 9.17) is 0 Å². The molecule has 2 unspecified atom stereocenters. The Labute approximate surface area is 102 Å². The van der Waals surface area contributed by atoms with Gasteiger partial charge in [-0.25, -0.2) is 0 Å². The van der Waals surface area contributed by atoms with Crippen LogP contribution in [-0.4, -0.2) is 37.1 Å². The Morgan fingerprint density at radius 1 is 1.25 bits per heavy atom. The fraction of sp³-hybridized carbons (Fsp3) is 1.00. The van der Waals surface area contributed by atoms with E-state index in [0.29, 0.717) is 6.04 Å². The van der Waals surface area contributed by atoms with Crippen LogP contribution in [0.25, 0.3) is 0 Å². The third kappa shape index (κ3) is 4.42. The molecule has 0 aromatic heterocycles. The van der Waals surface area contributed by atoms with Gasteiger partial charge in [0.1, 0.15) is 0 Å². The first-order valence-corrected chi connectivity index (χ1v) is 6.99. The van der Waals surface area contributed by atoms with E-state index in [2.05, 4.69) is 45.0 Å². The summed E-state index contributed by atoms with van der Waals surface area (Å²) in [5.41, 5.74) is 0. The summed E-state index contributed by atoms with van der Waals surface area (Å²) in [6.07, 6.45) is 4.11. The van der Waals surface area contributed by atoms with Crippen LogP contribution in [0.2, 0.25) is 0 Å². The first kappa shape index (κ1) is 14.0. The number of nitrogens with one attached hydrogen (secondary N) is 1. The molecule has 0 radical (unpaired) electrons. The second-order valence-corrected chi connectivity index (χ2v) is 5.82. The van der Waals surface area contributed by atoms with Crippen molar-refractivity contribution in [3.8, 4) is 0 Å². The lowest BCUT2D eigenvalue weighted by atomic mass is 10.0. The van der Waals surface area contributed by atoms with Crippen molar-refractivity contribution >= 4 is 0 Å². The van der Waals surface area contributed by atoms with Crippen LogP contribution in [-0.2, 0) is 0 Å². The first-order valence-electron chi connectivity index (χ1n) is 6.99. The van der Waals surface area contributed by atoms with E-state index in [9.17, 15) is 0 Å². The molecule has 1 aliphatic rings. The zero-order valence-corrected chi connectivity index (χ0v) is 11.8. The normalized spacial score (nSPS) is 20.4. The second-order valence-electron chi connectivity index (χ2n) is 5.82. The fourth-order valence-electron chi connectivity index (χ4n) is 2.19. The SMILES string of the molecule is CCCNC(CN(C)C(C)C(C)C)C1CC1. The maximum atomic E-state index is 3.71. The van der Waals surface area contributed by atoms with Gasteiger partial charge in [-0.05, 0) is 51.6 Å². The summed E-state index contributed by atoms with van der Waals surface area (Å²) in [5, 5.41) is 3.71. The van der Waals surface area contributed by atoms with Crippen molar-refractivity contribution in [2.24, 2.45) is 11.8 Å². The Hall–Kier alpha value is -0.0800. The van der Waals surface area contributed by atoms with Crippen molar-refractivity contribution in [2.45, 2.75) is 59.0 Å². The van der Waals surface area contributed by atoms with Gasteiger partial charge in [0.15, 0.2) is 0 Å². The van der Waals surface area contributed by atoms with Crippen molar-refractivity contribution in [2.75, 3.05) is 20.1 Å². The van der Waals surface area contributed by atoms with Crippen LogP contribution in [0.4, 0.5) is 0 Å². The van der Waals surface area contributed by atoms with E-state index in [1.54, 1.807) is 0 Å². The third-order valence-electron chi connectivity index (χ3n) is 3.99. The zero-order chi connectivity index (χ0) is 12.1. The molecule has 0 saturated heterocycles. The minimum Gasteiger partial charge on any atom is -0.312 e. The minimum atomic E-state index is 0.685. The second kappa shape index (κ2) is 6.61. The van der Waals surface area contributed by atoms with E-state index in [0.717, 1.165) is 17.9 Å². The van der Waals surface area contributed by atoms with E-state index in [-0.39, 0.29) is 0 Å². The Kier molecular flexibility index (Phi) is 5.77. The highest BCUT2D eigenvalue weighted by molar-refractivity contribution is 4.88. The highest BCUT2D eigenvalue weighted by Gasteiger charge is 2.32. The largest absolute Gasteiger partial charge is 0.312 e. The molecule has 2 heteroatoms. The molecular formula is C14H30N2. The van der Waals surface area contributed by atoms with E-state index in [1.165, 1.54) is 32.4 Å². The standard InChI is InChI=1S/C14H30N2/c1-6-9-15-14(13-7-8-13)10-16(5)12(4)11(2)3/h11-15H,6-10H2,1-5H3. The topological polar surface area (TPSA) is 15.3 Å². The molecule has 0 bridgehead atoms. The number of hydrogen-bond donors (Lipinski definition) is 1. The monoisotopic (exact) mass is 226 g/mol. The summed E-state index contributed by atoms with van der Waals surface area (Å²) >= 11 is 0. The van der Waals surface area contributed by atoms with Gasteiger partial charge >= 0.3 is 0 Å². The van der Waals surface area contributed by atoms with Gasteiger partial charge in [-0.2, -0.15) is 0 Å². The summed E-state index contributed by atoms with van der Waals surface area (Å²) in [4.78, 5) is 2.52. The van der Waals surface area contributed by atoms with Gasteiger partial charge in [-0.15, -0.1) is 0 Å². The predicted octanol–water partition coefficient (Wildman–Crippen LogP) is 2.74. The number of likely N-dealkylation sites (N-methyl/N-ethyl adjacent to an activating group) is 1. The van der Waals surface area contributed by atoms with Crippen LogP contribution in [0, 0.1) is 11.8 Å². The van der Waals surface area contributed by atoms with Gasteiger partial charge in [-0.3, -0.25) is 0 Å². The molecule has 16 heavy (non-hydrogen) atoms. The Balaban J connectivity index is 2.35. The average molecular weight is 226 g/mol. The summed E-state index contributed by atoms with van der Waals surface area (Å²) < 4.78 is 0. The lowest BCUT2D eigenvalue weighted by Gasteiger charge is -2.32. The predicted molar refractivity (Wildman–Crippen MR) is 71.7 cm³/mol. The van der Waals surface area contributed by atoms with Crippen LogP contribution in [0.3, 0.4) is 0 Å². The van der Waals surface area contributed by atoms with Gasteiger partial charge in [0.05, 0.1) is 0 Å². The molecule has 0 heterocycles. The van der Waals surface area contributed by atoms with Crippen LogP contribution >= 0.6 is 0 Å². The molecule has 0 aromatic rings. The summed E-state index contributed by atoms with van der Waals surface area (Å²) in [6.45, 7) is 11.6. The van der Waals surface area contributed by atoms with Gasteiger partial charge in [-0.1, -0.05) is 20.8 Å². The van der Waals surface area contributed by atoms with Crippen LogP contribution < -0.4 is 5.32 Å². The van der Waals surface area contributed by atoms with Crippen molar-refractivity contribution in [1.29, 1.82) is 0 Å². The molecule has 1 aliphatic carbocycles. The molecular weight excluding hydrogens is 196 g/mol. The number of hydrogen-bond acceptors (Lipinski definition) is 2. The molecule has 0 amide bonds. The van der Waals surface area contributed by atoms with Crippen molar-refractivity contribution in [3.05, 3.63) is 0 Å². The minimum absolute atomic E-state index is 0.685. The Morgan fingerprint density at radius 3 is 2.31 bits per heavy atom. The van der Waals surface area contributed by atoms with E-state index >= 15 is 0 Å². The number of rotatable bonds is 8. The molecule has 1 N–H and O–H groups in total. The molecule has 2 nitrogen and oxygen atoms in total. The average Bonchev–Trinajstić information content (AvgIpc) is 3.06. The van der Waals surface area contributed by atoms with Crippen LogP contribution in [0.5, 0.6) is 0 Å². The maximum absolute atomic E-state index is 3.71. The van der Waals surface area contributed by atoms with E-state index < -0.39 is 0 Å². The smallest absolute Gasteiger partial charge is 0.0223 e. The van der Waals surface area contributed by atoms with Gasteiger partial charge in [0.2, 0.25) is 0 Å². The van der Waals surface area contributed by atoms with Gasteiger partial charge in [0.25, 0.3) is 0 Å². The Bertz CT molecular complexity index is 187. The van der Waals surface area contributed by atoms with Crippen molar-refractivity contribution < 1.29 is 0 Å². The summed E-state index contributed by atoms with van der Waals surface area (Å²) in [6, 6.07) is 1.41. The van der Waals surface area contributed by atoms with Crippen molar-refractivity contribution in [3.63, 3.8) is 0 Å². The molecule has 1 saturated carbocycles. The molecule has 1 rings (SSSR count). The van der Waals surface area contributed by atoms with Crippen LogP contribution in [0.1, 0.15) is 47.0 Å². The maximum Gasteiger partial charge on any atom is 0.0223 e. The molecule has 0 spiro atoms. The molecule has 0 aromatic carbocycles. The third-order valence-corrected chi connectivity index (χ3v) is 3.99. The van der Waals surface area contributed by atoms with Crippen LogP contribution in [0.15, 0.2) is 0 Å². The highest BCUT2D eigenvalue weighted by Crippen LogP contribution is 2.33. The van der Waals surface area contributed by atoms with Gasteiger partial charge < -0.3 is 10.2 Å². The lowest BCUT2D eigenvalue weighted by molar-refractivity contribution is 0.181. The molecule has 96 valence electrons. The first-order chi connectivity index (χ1) is 7.56. The summed E-state index contributed by atoms with van der Waals surface area (Å²) in [7, 11) is 2.27.